The van der Waals surface area contributed by atoms with Crippen LogP contribution in [0.1, 0.15) is 30.3 Å². The van der Waals surface area contributed by atoms with E-state index in [0.717, 1.165) is 6.42 Å². The molecule has 0 unspecified atom stereocenters. The van der Waals surface area contributed by atoms with Crippen molar-refractivity contribution in [2.45, 2.75) is 19.8 Å². The number of benzene rings is 1. The molecule has 0 fully saturated rings. The summed E-state index contributed by atoms with van der Waals surface area (Å²) in [6.07, 6.45) is 3.16. The highest BCUT2D eigenvalue weighted by atomic mass is 19.1. The zero-order chi connectivity index (χ0) is 17.4. The molecular weight excluding hydrogens is 313 g/mol. The Balaban J connectivity index is 2.17. The molecule has 0 spiro atoms. The summed E-state index contributed by atoms with van der Waals surface area (Å²) in [5.74, 6) is -0.229. The van der Waals surface area contributed by atoms with Gasteiger partial charge in [-0.1, -0.05) is 6.92 Å². The van der Waals surface area contributed by atoms with Crippen LogP contribution in [-0.4, -0.2) is 42.6 Å². The average Bonchev–Trinajstić information content (AvgIpc) is 3.01. The van der Waals surface area contributed by atoms with E-state index in [1.807, 2.05) is 6.92 Å². The Hall–Kier alpha value is -2.41. The lowest BCUT2D eigenvalue weighted by molar-refractivity contribution is 0.0939. The number of carbonyl (C=O) groups is 1. The number of halogens is 1. The first-order valence-corrected chi connectivity index (χ1v) is 7.91. The molecule has 0 aliphatic carbocycles. The van der Waals surface area contributed by atoms with Crippen LogP contribution in [-0.2, 0) is 4.74 Å². The van der Waals surface area contributed by atoms with Gasteiger partial charge in [-0.25, -0.2) is 9.07 Å². The summed E-state index contributed by atoms with van der Waals surface area (Å²) < 4.78 is 25.1. The van der Waals surface area contributed by atoms with Gasteiger partial charge < -0.3 is 14.8 Å². The van der Waals surface area contributed by atoms with E-state index in [2.05, 4.69) is 10.4 Å². The normalized spacial score (nSPS) is 10.6. The number of carbonyl (C=O) groups excluding carboxylic acids is 1. The second-order valence-electron chi connectivity index (χ2n) is 5.21. The van der Waals surface area contributed by atoms with Crippen molar-refractivity contribution in [1.29, 1.82) is 0 Å². The predicted molar refractivity (Wildman–Crippen MR) is 88.1 cm³/mol. The first-order valence-electron chi connectivity index (χ1n) is 7.91. The molecule has 6 nitrogen and oxygen atoms in total. The molecule has 1 aromatic carbocycles. The Labute approximate surface area is 140 Å². The zero-order valence-electron chi connectivity index (χ0n) is 13.9. The maximum absolute atomic E-state index is 13.1. The number of rotatable bonds is 9. The van der Waals surface area contributed by atoms with E-state index in [-0.39, 0.29) is 17.4 Å². The van der Waals surface area contributed by atoms with Crippen LogP contribution in [0.2, 0.25) is 0 Å². The number of nitrogens with zero attached hydrogens (tertiary/aromatic N) is 2. The highest BCUT2D eigenvalue weighted by Gasteiger charge is 2.18. The smallest absolute Gasteiger partial charge is 0.275 e. The van der Waals surface area contributed by atoms with Crippen LogP contribution < -0.4 is 10.1 Å². The molecule has 0 saturated heterocycles. The van der Waals surface area contributed by atoms with E-state index in [0.29, 0.717) is 37.6 Å². The molecular formula is C17H22FN3O3. The molecule has 7 heteroatoms. The maximum atomic E-state index is 13.1. The quantitative estimate of drug-likeness (QED) is 0.715. The van der Waals surface area contributed by atoms with Crippen molar-refractivity contribution in [3.8, 4) is 11.4 Å². The predicted octanol–water partition coefficient (Wildman–Crippen LogP) is 2.57. The lowest BCUT2D eigenvalue weighted by Crippen LogP contribution is -2.26. The standard InChI is InChI=1S/C17H22FN3O3/c1-3-10-24-15-12-21(14-7-5-13(18)6-8-14)20-16(15)17(22)19-9-4-11-23-2/h5-8,12H,3-4,9-11H2,1-2H3,(H,19,22). The molecule has 0 aliphatic rings. The van der Waals surface area contributed by atoms with Crippen molar-refractivity contribution in [2.24, 2.45) is 0 Å². The minimum atomic E-state index is -0.329. The summed E-state index contributed by atoms with van der Waals surface area (Å²) in [5.41, 5.74) is 0.862. The third-order valence-corrected chi connectivity index (χ3v) is 3.26. The fourth-order valence-corrected chi connectivity index (χ4v) is 2.06. The molecule has 0 atom stereocenters. The lowest BCUT2D eigenvalue weighted by atomic mass is 10.3. The Morgan fingerprint density at radius 1 is 1.29 bits per heavy atom. The van der Waals surface area contributed by atoms with Crippen LogP contribution in [0, 0.1) is 5.82 Å². The number of amides is 1. The van der Waals surface area contributed by atoms with Gasteiger partial charge in [0.15, 0.2) is 11.4 Å². The first-order chi connectivity index (χ1) is 11.7. The van der Waals surface area contributed by atoms with Crippen molar-refractivity contribution in [3.63, 3.8) is 0 Å². The van der Waals surface area contributed by atoms with Crippen molar-refractivity contribution in [3.05, 3.63) is 42.0 Å². The van der Waals surface area contributed by atoms with Gasteiger partial charge in [0.2, 0.25) is 0 Å². The number of nitrogens with one attached hydrogen (secondary N) is 1. The van der Waals surface area contributed by atoms with Crippen LogP contribution in [0.5, 0.6) is 5.75 Å². The van der Waals surface area contributed by atoms with E-state index >= 15 is 0 Å². The van der Waals surface area contributed by atoms with Gasteiger partial charge in [0.05, 0.1) is 18.5 Å². The van der Waals surface area contributed by atoms with Crippen LogP contribution in [0.15, 0.2) is 30.5 Å². The van der Waals surface area contributed by atoms with Gasteiger partial charge in [-0.3, -0.25) is 4.79 Å². The molecule has 2 rings (SSSR count). The van der Waals surface area contributed by atoms with Gasteiger partial charge >= 0.3 is 0 Å². The van der Waals surface area contributed by atoms with E-state index < -0.39 is 0 Å². The summed E-state index contributed by atoms with van der Waals surface area (Å²) in [4.78, 5) is 12.3. The number of methoxy groups -OCH3 is 1. The minimum absolute atomic E-state index is 0.213. The van der Waals surface area contributed by atoms with Crippen molar-refractivity contribution in [1.82, 2.24) is 15.1 Å². The van der Waals surface area contributed by atoms with E-state index in [1.54, 1.807) is 25.4 Å². The molecule has 0 saturated carbocycles. The van der Waals surface area contributed by atoms with Crippen molar-refractivity contribution >= 4 is 5.91 Å². The van der Waals surface area contributed by atoms with Gasteiger partial charge in [-0.2, -0.15) is 5.10 Å². The maximum Gasteiger partial charge on any atom is 0.275 e. The summed E-state index contributed by atoms with van der Waals surface area (Å²) >= 11 is 0. The van der Waals surface area contributed by atoms with Gasteiger partial charge in [-0.15, -0.1) is 0 Å². The topological polar surface area (TPSA) is 65.4 Å². The minimum Gasteiger partial charge on any atom is -0.489 e. The molecule has 1 aromatic heterocycles. The van der Waals surface area contributed by atoms with Crippen LogP contribution >= 0.6 is 0 Å². The van der Waals surface area contributed by atoms with E-state index in [1.165, 1.54) is 16.8 Å². The average molecular weight is 335 g/mol. The molecule has 0 bridgehead atoms. The fourth-order valence-electron chi connectivity index (χ4n) is 2.06. The third kappa shape index (κ3) is 4.79. The van der Waals surface area contributed by atoms with Crippen molar-refractivity contribution in [2.75, 3.05) is 26.9 Å². The largest absolute Gasteiger partial charge is 0.489 e. The molecule has 0 aliphatic heterocycles. The van der Waals surface area contributed by atoms with E-state index in [4.69, 9.17) is 9.47 Å². The summed E-state index contributed by atoms with van der Waals surface area (Å²) in [5, 5.41) is 7.08. The molecule has 24 heavy (non-hydrogen) atoms. The highest BCUT2D eigenvalue weighted by Crippen LogP contribution is 2.20. The molecule has 130 valence electrons. The highest BCUT2D eigenvalue weighted by molar-refractivity contribution is 5.94. The summed E-state index contributed by atoms with van der Waals surface area (Å²) in [6.45, 7) is 3.53. The Morgan fingerprint density at radius 3 is 2.71 bits per heavy atom. The Kier molecular flexibility index (Phi) is 6.74. The van der Waals surface area contributed by atoms with Gasteiger partial charge in [0.25, 0.3) is 5.91 Å². The van der Waals surface area contributed by atoms with Crippen molar-refractivity contribution < 1.29 is 18.7 Å². The monoisotopic (exact) mass is 335 g/mol. The molecule has 1 amide bonds. The van der Waals surface area contributed by atoms with E-state index in [9.17, 15) is 9.18 Å². The third-order valence-electron chi connectivity index (χ3n) is 3.26. The SMILES string of the molecule is CCCOc1cn(-c2ccc(F)cc2)nc1C(=O)NCCCOC. The molecule has 1 heterocycles. The van der Waals surface area contributed by atoms with Crippen LogP contribution in [0.25, 0.3) is 5.69 Å². The Bertz CT molecular complexity index is 656. The number of ether oxygens (including phenoxy) is 2. The molecule has 1 N–H and O–H groups in total. The van der Waals surface area contributed by atoms with Gasteiger partial charge in [-0.05, 0) is 37.1 Å². The number of aromatic nitrogens is 2. The zero-order valence-corrected chi connectivity index (χ0v) is 13.9. The second kappa shape index (κ2) is 9.02. The Morgan fingerprint density at radius 2 is 2.04 bits per heavy atom. The van der Waals surface area contributed by atoms with Gasteiger partial charge in [0, 0.05) is 20.3 Å². The summed E-state index contributed by atoms with van der Waals surface area (Å²) in [7, 11) is 1.61. The lowest BCUT2D eigenvalue weighted by Gasteiger charge is -2.05. The van der Waals surface area contributed by atoms with Crippen LogP contribution in [0.4, 0.5) is 4.39 Å². The molecule has 2 aromatic rings. The van der Waals surface area contributed by atoms with Gasteiger partial charge in [0.1, 0.15) is 5.82 Å². The number of hydrogen-bond acceptors (Lipinski definition) is 4. The molecule has 0 radical (unpaired) electrons. The number of hydrogen-bond donors (Lipinski definition) is 1. The van der Waals surface area contributed by atoms with Crippen LogP contribution in [0.3, 0.4) is 0 Å². The summed E-state index contributed by atoms with van der Waals surface area (Å²) in [6, 6.07) is 5.86. The first kappa shape index (κ1) is 17.9. The second-order valence-corrected chi connectivity index (χ2v) is 5.21. The fraction of sp³-hybridized carbons (Fsp3) is 0.412.